The maximum atomic E-state index is 12.1. The van der Waals surface area contributed by atoms with Crippen LogP contribution < -0.4 is 0 Å². The highest BCUT2D eigenvalue weighted by atomic mass is 16.4. The molecule has 1 aliphatic rings. The van der Waals surface area contributed by atoms with Gasteiger partial charge in [0.25, 0.3) is 5.91 Å². The topological polar surface area (TPSA) is 75.4 Å². The second kappa shape index (κ2) is 4.57. The Labute approximate surface area is 98.8 Å². The molecule has 1 amide bonds. The van der Waals surface area contributed by atoms with Crippen molar-refractivity contribution >= 4 is 11.9 Å². The van der Waals surface area contributed by atoms with Gasteiger partial charge in [-0.25, -0.2) is 4.79 Å². The van der Waals surface area contributed by atoms with Gasteiger partial charge in [-0.05, 0) is 19.8 Å². The standard InChI is InChI=1S/C11H15N3O3/c1-2-13-7-8(6-12-13)10(15)14-5-3-4-9(14)11(16)17/h6-7,9H,2-5H2,1H3,(H,16,17)/t9-/m1/s1. The average molecular weight is 237 g/mol. The molecule has 2 rings (SSSR count). The Morgan fingerprint density at radius 2 is 2.35 bits per heavy atom. The summed E-state index contributed by atoms with van der Waals surface area (Å²) in [6.07, 6.45) is 4.41. The van der Waals surface area contributed by atoms with Gasteiger partial charge in [0.1, 0.15) is 6.04 Å². The smallest absolute Gasteiger partial charge is 0.326 e. The van der Waals surface area contributed by atoms with Gasteiger partial charge in [-0.3, -0.25) is 9.48 Å². The first-order valence-corrected chi connectivity index (χ1v) is 5.69. The molecule has 1 aromatic heterocycles. The minimum Gasteiger partial charge on any atom is -0.480 e. The molecule has 6 heteroatoms. The van der Waals surface area contributed by atoms with Crippen LogP contribution in [0, 0.1) is 0 Å². The van der Waals surface area contributed by atoms with Crippen LogP contribution in [0.3, 0.4) is 0 Å². The normalized spacial score (nSPS) is 19.6. The second-order valence-electron chi connectivity index (χ2n) is 4.08. The molecule has 0 radical (unpaired) electrons. The minimum atomic E-state index is -0.932. The van der Waals surface area contributed by atoms with Crippen molar-refractivity contribution in [1.82, 2.24) is 14.7 Å². The monoisotopic (exact) mass is 237 g/mol. The summed E-state index contributed by atoms with van der Waals surface area (Å²) >= 11 is 0. The van der Waals surface area contributed by atoms with Gasteiger partial charge in [0.2, 0.25) is 0 Å². The predicted octanol–water partition coefficient (Wildman–Crippen LogP) is 0.592. The number of likely N-dealkylation sites (tertiary alicyclic amines) is 1. The third-order valence-electron chi connectivity index (χ3n) is 3.00. The number of nitrogens with zero attached hydrogens (tertiary/aromatic N) is 3. The quantitative estimate of drug-likeness (QED) is 0.835. The minimum absolute atomic E-state index is 0.241. The molecule has 1 fully saturated rings. The number of aromatic nitrogens is 2. The third-order valence-corrected chi connectivity index (χ3v) is 3.00. The van der Waals surface area contributed by atoms with Crippen molar-refractivity contribution in [2.45, 2.75) is 32.4 Å². The number of carbonyl (C=O) groups is 2. The third kappa shape index (κ3) is 2.15. The van der Waals surface area contributed by atoms with Crippen LogP contribution >= 0.6 is 0 Å². The van der Waals surface area contributed by atoms with Gasteiger partial charge >= 0.3 is 5.97 Å². The summed E-state index contributed by atoms with van der Waals surface area (Å²) < 4.78 is 1.65. The highest BCUT2D eigenvalue weighted by molar-refractivity contribution is 5.96. The lowest BCUT2D eigenvalue weighted by Crippen LogP contribution is -2.40. The van der Waals surface area contributed by atoms with E-state index in [2.05, 4.69) is 5.10 Å². The van der Waals surface area contributed by atoms with Crippen molar-refractivity contribution in [2.24, 2.45) is 0 Å². The lowest BCUT2D eigenvalue weighted by molar-refractivity contribution is -0.141. The zero-order valence-corrected chi connectivity index (χ0v) is 9.67. The molecular weight excluding hydrogens is 222 g/mol. The van der Waals surface area contributed by atoms with E-state index in [0.29, 0.717) is 25.1 Å². The number of amides is 1. The summed E-state index contributed by atoms with van der Waals surface area (Å²) in [4.78, 5) is 24.5. The van der Waals surface area contributed by atoms with Gasteiger partial charge in [-0.15, -0.1) is 0 Å². The van der Waals surface area contributed by atoms with E-state index in [9.17, 15) is 9.59 Å². The van der Waals surface area contributed by atoms with Gasteiger partial charge < -0.3 is 10.0 Å². The molecular formula is C11H15N3O3. The molecule has 17 heavy (non-hydrogen) atoms. The highest BCUT2D eigenvalue weighted by Gasteiger charge is 2.34. The summed E-state index contributed by atoms with van der Waals surface area (Å²) in [7, 11) is 0. The molecule has 0 aliphatic carbocycles. The fourth-order valence-corrected chi connectivity index (χ4v) is 2.08. The van der Waals surface area contributed by atoms with Gasteiger partial charge in [0.15, 0.2) is 0 Å². The Morgan fingerprint density at radius 1 is 1.59 bits per heavy atom. The molecule has 1 N–H and O–H groups in total. The maximum absolute atomic E-state index is 12.1. The molecule has 1 aliphatic heterocycles. The van der Waals surface area contributed by atoms with E-state index in [4.69, 9.17) is 5.11 Å². The Morgan fingerprint density at radius 3 is 2.94 bits per heavy atom. The van der Waals surface area contributed by atoms with Crippen LogP contribution in [0.15, 0.2) is 12.4 Å². The van der Waals surface area contributed by atoms with E-state index < -0.39 is 12.0 Å². The molecule has 2 heterocycles. The summed E-state index contributed by atoms with van der Waals surface area (Å²) in [5.41, 5.74) is 0.458. The van der Waals surface area contributed by atoms with Crippen molar-refractivity contribution in [1.29, 1.82) is 0 Å². The number of hydrogen-bond donors (Lipinski definition) is 1. The average Bonchev–Trinajstić information content (AvgIpc) is 2.97. The van der Waals surface area contributed by atoms with Crippen LogP contribution in [0.5, 0.6) is 0 Å². The lowest BCUT2D eigenvalue weighted by atomic mass is 10.2. The van der Waals surface area contributed by atoms with Gasteiger partial charge in [-0.2, -0.15) is 5.10 Å². The molecule has 1 atom stereocenters. The van der Waals surface area contributed by atoms with Crippen LogP contribution in [0.2, 0.25) is 0 Å². The van der Waals surface area contributed by atoms with Gasteiger partial charge in [0.05, 0.1) is 11.8 Å². The summed E-state index contributed by atoms with van der Waals surface area (Å²) in [6.45, 7) is 3.12. The van der Waals surface area contributed by atoms with Crippen molar-refractivity contribution in [3.05, 3.63) is 18.0 Å². The molecule has 6 nitrogen and oxygen atoms in total. The molecule has 0 bridgehead atoms. The Bertz CT molecular complexity index is 441. The Kier molecular flexibility index (Phi) is 3.12. The van der Waals surface area contributed by atoms with E-state index in [1.165, 1.54) is 11.1 Å². The maximum Gasteiger partial charge on any atom is 0.326 e. The van der Waals surface area contributed by atoms with E-state index in [1.807, 2.05) is 6.92 Å². The predicted molar refractivity (Wildman–Crippen MR) is 59.6 cm³/mol. The van der Waals surface area contributed by atoms with Crippen LogP contribution in [0.25, 0.3) is 0 Å². The summed E-state index contributed by atoms with van der Waals surface area (Å²) in [5.74, 6) is -1.17. The van der Waals surface area contributed by atoms with Gasteiger partial charge in [-0.1, -0.05) is 0 Å². The van der Waals surface area contributed by atoms with Crippen molar-refractivity contribution in [3.63, 3.8) is 0 Å². The molecule has 0 aromatic carbocycles. The summed E-state index contributed by atoms with van der Waals surface area (Å²) in [6, 6.07) is -0.688. The first-order chi connectivity index (χ1) is 8.13. The lowest BCUT2D eigenvalue weighted by Gasteiger charge is -2.20. The number of carbonyl (C=O) groups excluding carboxylic acids is 1. The summed E-state index contributed by atoms with van der Waals surface area (Å²) in [5, 5.41) is 13.0. The largest absolute Gasteiger partial charge is 0.480 e. The number of carboxylic acid groups (broad SMARTS) is 1. The van der Waals surface area contributed by atoms with Crippen molar-refractivity contribution in [3.8, 4) is 0 Å². The number of hydrogen-bond acceptors (Lipinski definition) is 3. The Balaban J connectivity index is 2.16. The van der Waals surface area contributed by atoms with E-state index >= 15 is 0 Å². The zero-order chi connectivity index (χ0) is 12.4. The number of aryl methyl sites for hydroxylation is 1. The van der Waals surface area contributed by atoms with Crippen LogP contribution in [-0.4, -0.2) is 44.3 Å². The zero-order valence-electron chi connectivity index (χ0n) is 9.67. The first kappa shape index (κ1) is 11.6. The highest BCUT2D eigenvalue weighted by Crippen LogP contribution is 2.20. The molecule has 0 saturated carbocycles. The fraction of sp³-hybridized carbons (Fsp3) is 0.545. The van der Waals surface area contributed by atoms with E-state index in [1.54, 1.807) is 10.9 Å². The van der Waals surface area contributed by atoms with Gasteiger partial charge in [0, 0.05) is 19.3 Å². The van der Waals surface area contributed by atoms with Crippen LogP contribution in [-0.2, 0) is 11.3 Å². The number of rotatable bonds is 3. The first-order valence-electron chi connectivity index (χ1n) is 5.69. The SMILES string of the molecule is CCn1cc(C(=O)N2CCC[C@@H]2C(=O)O)cn1. The van der Waals surface area contributed by atoms with E-state index in [0.717, 1.165) is 6.42 Å². The fourth-order valence-electron chi connectivity index (χ4n) is 2.08. The molecule has 1 saturated heterocycles. The molecule has 92 valence electrons. The number of carboxylic acids is 1. The van der Waals surface area contributed by atoms with Crippen molar-refractivity contribution < 1.29 is 14.7 Å². The Hall–Kier alpha value is -1.85. The van der Waals surface area contributed by atoms with Crippen molar-refractivity contribution in [2.75, 3.05) is 6.54 Å². The van der Waals surface area contributed by atoms with Crippen LogP contribution in [0.4, 0.5) is 0 Å². The van der Waals surface area contributed by atoms with E-state index in [-0.39, 0.29) is 5.91 Å². The molecule has 0 spiro atoms. The molecule has 1 aromatic rings. The second-order valence-corrected chi connectivity index (χ2v) is 4.08. The molecule has 0 unspecified atom stereocenters. The number of aliphatic carboxylic acids is 1. The van der Waals surface area contributed by atoms with Crippen LogP contribution in [0.1, 0.15) is 30.1 Å².